The zero-order valence-electron chi connectivity index (χ0n) is 14.7. The average Bonchev–Trinajstić information content (AvgIpc) is 3.43. The summed E-state index contributed by atoms with van der Waals surface area (Å²) in [6.45, 7) is -0.398. The highest BCUT2D eigenvalue weighted by Crippen LogP contribution is 2.30. The minimum absolute atomic E-state index is 0.0783. The minimum atomic E-state index is -4.01. The van der Waals surface area contributed by atoms with E-state index in [1.807, 2.05) is 0 Å². The number of rotatable bonds is 6. The Morgan fingerprint density at radius 1 is 1.21 bits per heavy atom. The van der Waals surface area contributed by atoms with Crippen molar-refractivity contribution in [2.24, 2.45) is 7.05 Å². The third kappa shape index (κ3) is 2.97. The van der Waals surface area contributed by atoms with Gasteiger partial charge < -0.3 is 18.4 Å². The van der Waals surface area contributed by atoms with E-state index in [1.54, 1.807) is 6.07 Å². The highest BCUT2D eigenvalue weighted by molar-refractivity contribution is 7.89. The predicted octanol–water partition coefficient (Wildman–Crippen LogP) is 1.53. The van der Waals surface area contributed by atoms with E-state index in [2.05, 4.69) is 4.72 Å². The van der Waals surface area contributed by atoms with Crippen molar-refractivity contribution in [1.29, 1.82) is 0 Å². The number of aromatic nitrogens is 1. The number of nitrogens with zero attached hydrogens (tertiary/aromatic N) is 1. The average molecular weight is 404 g/mol. The molecule has 28 heavy (non-hydrogen) atoms. The molecule has 4 aromatic rings. The van der Waals surface area contributed by atoms with Crippen LogP contribution in [-0.2, 0) is 22.7 Å². The summed E-state index contributed by atoms with van der Waals surface area (Å²) in [4.78, 5) is 11.5. The van der Waals surface area contributed by atoms with Crippen LogP contribution in [0.3, 0.4) is 0 Å². The van der Waals surface area contributed by atoms with Gasteiger partial charge in [-0.25, -0.2) is 17.9 Å². The zero-order valence-corrected chi connectivity index (χ0v) is 15.5. The summed E-state index contributed by atoms with van der Waals surface area (Å²) in [7, 11) is -2.54. The van der Waals surface area contributed by atoms with Crippen molar-refractivity contribution < 1.29 is 26.8 Å². The second kappa shape index (κ2) is 6.51. The maximum absolute atomic E-state index is 12.8. The summed E-state index contributed by atoms with van der Waals surface area (Å²) >= 11 is 0. The maximum Gasteiger partial charge on any atom is 0.419 e. The second-order valence-electron chi connectivity index (χ2n) is 6.23. The molecule has 0 radical (unpaired) electrons. The lowest BCUT2D eigenvalue weighted by Crippen LogP contribution is -2.41. The summed E-state index contributed by atoms with van der Waals surface area (Å²) in [6.07, 6.45) is 4.05. The van der Waals surface area contributed by atoms with Crippen molar-refractivity contribution in [3.05, 3.63) is 77.1 Å². The van der Waals surface area contributed by atoms with Crippen LogP contribution in [0.4, 0.5) is 0 Å². The fourth-order valence-electron chi connectivity index (χ4n) is 2.90. The van der Waals surface area contributed by atoms with Gasteiger partial charge in [0.2, 0.25) is 10.0 Å². The first kappa shape index (κ1) is 18.3. The van der Waals surface area contributed by atoms with Crippen molar-refractivity contribution >= 4 is 21.1 Å². The van der Waals surface area contributed by atoms with Crippen LogP contribution in [0.2, 0.25) is 0 Å². The molecule has 4 rings (SSSR count). The van der Waals surface area contributed by atoms with Crippen molar-refractivity contribution in [2.75, 3.05) is 6.54 Å². The van der Waals surface area contributed by atoms with Gasteiger partial charge in [0.15, 0.2) is 11.2 Å². The molecule has 146 valence electrons. The number of benzene rings is 1. The van der Waals surface area contributed by atoms with Gasteiger partial charge in [-0.1, -0.05) is 0 Å². The molecule has 0 bridgehead atoms. The van der Waals surface area contributed by atoms with Crippen molar-refractivity contribution in [2.45, 2.75) is 10.5 Å². The smallest absolute Gasteiger partial charge is 0.419 e. The first-order chi connectivity index (χ1) is 13.3. The number of nitrogens with one attached hydrogen (secondary N) is 1. The Labute approximate surface area is 158 Å². The summed E-state index contributed by atoms with van der Waals surface area (Å²) in [5.74, 6) is -0.436. The summed E-state index contributed by atoms with van der Waals surface area (Å²) in [5, 5.41) is 11.1. The van der Waals surface area contributed by atoms with Gasteiger partial charge in [0, 0.05) is 12.6 Å². The molecule has 1 atom stereocenters. The van der Waals surface area contributed by atoms with Crippen LogP contribution in [0.25, 0.3) is 11.1 Å². The number of hydrogen-bond acceptors (Lipinski definition) is 7. The zero-order chi connectivity index (χ0) is 19.9. The van der Waals surface area contributed by atoms with Crippen LogP contribution < -0.4 is 10.5 Å². The molecule has 0 saturated carbocycles. The summed E-state index contributed by atoms with van der Waals surface area (Å²) < 4.78 is 44.5. The molecule has 0 spiro atoms. The van der Waals surface area contributed by atoms with E-state index in [4.69, 9.17) is 13.3 Å². The third-order valence-corrected chi connectivity index (χ3v) is 5.92. The SMILES string of the molecule is Cn1c(=O)oc2ccc(S(=O)(=O)NC[C@@](O)(c3ccoc3)c3ccco3)cc21. The van der Waals surface area contributed by atoms with Crippen LogP contribution >= 0.6 is 0 Å². The molecule has 0 aliphatic heterocycles. The highest BCUT2D eigenvalue weighted by Gasteiger charge is 2.37. The fraction of sp³-hybridized carbons (Fsp3) is 0.167. The quantitative estimate of drug-likeness (QED) is 0.499. The lowest BCUT2D eigenvalue weighted by Gasteiger charge is -2.25. The molecule has 0 unspecified atom stereocenters. The Morgan fingerprint density at radius 2 is 2.04 bits per heavy atom. The van der Waals surface area contributed by atoms with Gasteiger partial charge in [0.05, 0.1) is 35.7 Å². The maximum atomic E-state index is 12.8. The van der Waals surface area contributed by atoms with Gasteiger partial charge >= 0.3 is 5.76 Å². The molecule has 2 N–H and O–H groups in total. The van der Waals surface area contributed by atoms with E-state index < -0.39 is 27.9 Å². The third-order valence-electron chi connectivity index (χ3n) is 4.52. The Bertz CT molecular complexity index is 1230. The summed E-state index contributed by atoms with van der Waals surface area (Å²) in [5.41, 5.74) is -0.824. The van der Waals surface area contributed by atoms with Crippen molar-refractivity contribution in [3.8, 4) is 0 Å². The van der Waals surface area contributed by atoms with E-state index >= 15 is 0 Å². The van der Waals surface area contributed by atoms with Gasteiger partial charge in [-0.2, -0.15) is 0 Å². The number of fused-ring (bicyclic) bond motifs is 1. The first-order valence-electron chi connectivity index (χ1n) is 8.19. The lowest BCUT2D eigenvalue weighted by atomic mass is 9.94. The molecule has 3 heterocycles. The van der Waals surface area contributed by atoms with Gasteiger partial charge in [-0.15, -0.1) is 0 Å². The first-order valence-corrected chi connectivity index (χ1v) is 9.68. The van der Waals surface area contributed by atoms with E-state index in [0.29, 0.717) is 11.1 Å². The normalized spacial score (nSPS) is 14.4. The Morgan fingerprint density at radius 3 is 2.71 bits per heavy atom. The molecule has 9 nitrogen and oxygen atoms in total. The highest BCUT2D eigenvalue weighted by atomic mass is 32.2. The van der Waals surface area contributed by atoms with Gasteiger partial charge in [0.25, 0.3) is 0 Å². The molecular weight excluding hydrogens is 388 g/mol. The molecule has 0 amide bonds. The number of aryl methyl sites for hydroxylation is 1. The summed E-state index contributed by atoms with van der Waals surface area (Å²) in [6, 6.07) is 8.69. The molecule has 1 aromatic carbocycles. The number of sulfonamides is 1. The van der Waals surface area contributed by atoms with Crippen LogP contribution in [0.1, 0.15) is 11.3 Å². The van der Waals surface area contributed by atoms with Crippen LogP contribution in [0.15, 0.2) is 78.1 Å². The van der Waals surface area contributed by atoms with Gasteiger partial charge in [0.1, 0.15) is 5.76 Å². The Kier molecular flexibility index (Phi) is 4.26. The molecule has 0 fully saturated rings. The topological polar surface area (TPSA) is 128 Å². The molecular formula is C18H16N2O7S. The Balaban J connectivity index is 1.67. The van der Waals surface area contributed by atoms with Crippen LogP contribution in [0, 0.1) is 0 Å². The molecule has 3 aromatic heterocycles. The van der Waals surface area contributed by atoms with Gasteiger partial charge in [-0.3, -0.25) is 4.57 Å². The number of hydrogen-bond donors (Lipinski definition) is 2. The lowest BCUT2D eigenvalue weighted by molar-refractivity contribution is 0.0613. The van der Waals surface area contributed by atoms with E-state index in [1.165, 1.54) is 60.7 Å². The Hall–Kier alpha value is -3.08. The van der Waals surface area contributed by atoms with Gasteiger partial charge in [-0.05, 0) is 36.4 Å². The minimum Gasteiger partial charge on any atom is -0.472 e. The standard InChI is InChI=1S/C18H16N2O7S/c1-20-14-9-13(4-5-15(14)27-17(20)21)28(23,24)19-11-18(22,12-6-8-25-10-12)16-3-2-7-26-16/h2-10,19,22H,11H2,1H3/t18-/m1/s1. The van der Waals surface area contributed by atoms with E-state index in [9.17, 15) is 18.3 Å². The molecule has 10 heteroatoms. The largest absolute Gasteiger partial charge is 0.472 e. The molecule has 0 aliphatic carbocycles. The second-order valence-corrected chi connectivity index (χ2v) is 8.00. The number of aliphatic hydroxyl groups is 1. The molecule has 0 aliphatic rings. The van der Waals surface area contributed by atoms with E-state index in [-0.39, 0.29) is 16.2 Å². The molecule has 0 saturated heterocycles. The number of oxazole rings is 1. The van der Waals surface area contributed by atoms with Crippen molar-refractivity contribution in [1.82, 2.24) is 9.29 Å². The predicted molar refractivity (Wildman–Crippen MR) is 97.1 cm³/mol. The van der Waals surface area contributed by atoms with Crippen LogP contribution in [0.5, 0.6) is 0 Å². The van der Waals surface area contributed by atoms with Crippen LogP contribution in [-0.4, -0.2) is 24.6 Å². The fourth-order valence-corrected chi connectivity index (χ4v) is 3.98. The number of furan rings is 2. The van der Waals surface area contributed by atoms with E-state index in [0.717, 1.165) is 0 Å². The van der Waals surface area contributed by atoms with Crippen molar-refractivity contribution in [3.63, 3.8) is 0 Å². The monoisotopic (exact) mass is 404 g/mol.